The van der Waals surface area contributed by atoms with Gasteiger partial charge in [0.05, 0.1) is 10.6 Å². The molecule has 0 spiro atoms. The minimum absolute atomic E-state index is 0.0339. The van der Waals surface area contributed by atoms with Crippen molar-refractivity contribution < 1.29 is 14.6 Å². The van der Waals surface area contributed by atoms with Gasteiger partial charge in [0.25, 0.3) is 0 Å². The summed E-state index contributed by atoms with van der Waals surface area (Å²) in [7, 11) is 0. The van der Waals surface area contributed by atoms with E-state index in [1.54, 1.807) is 0 Å². The second-order valence-electron chi connectivity index (χ2n) is 2.62. The van der Waals surface area contributed by atoms with E-state index in [-0.39, 0.29) is 24.1 Å². The molecule has 13 heavy (non-hydrogen) atoms. The smallest absolute Gasteiger partial charge is 0.231 e. The third-order valence-electron chi connectivity index (χ3n) is 1.89. The van der Waals surface area contributed by atoms with Gasteiger partial charge in [-0.3, -0.25) is 0 Å². The Hall–Kier alpha value is -1.13. The molecular weight excluding hydrogens is 194 g/mol. The maximum Gasteiger partial charge on any atom is 0.231 e. The van der Waals surface area contributed by atoms with Crippen molar-refractivity contribution in [3.05, 3.63) is 16.7 Å². The molecule has 4 nitrogen and oxygen atoms in total. The van der Waals surface area contributed by atoms with Crippen LogP contribution in [-0.2, 0) is 6.54 Å². The highest BCUT2D eigenvalue weighted by molar-refractivity contribution is 6.32. The summed E-state index contributed by atoms with van der Waals surface area (Å²) in [6.07, 6.45) is 0. The van der Waals surface area contributed by atoms with Gasteiger partial charge in [0.2, 0.25) is 6.79 Å². The monoisotopic (exact) mass is 201 g/mol. The van der Waals surface area contributed by atoms with Crippen LogP contribution >= 0.6 is 11.6 Å². The van der Waals surface area contributed by atoms with E-state index in [9.17, 15) is 5.11 Å². The molecule has 0 saturated carbocycles. The fourth-order valence-electron chi connectivity index (χ4n) is 1.26. The minimum Gasteiger partial charge on any atom is -0.506 e. The van der Waals surface area contributed by atoms with E-state index in [0.29, 0.717) is 17.1 Å². The Labute approximate surface area is 79.8 Å². The molecule has 0 fully saturated rings. The van der Waals surface area contributed by atoms with Crippen LogP contribution in [0.15, 0.2) is 6.07 Å². The van der Waals surface area contributed by atoms with Crippen LogP contribution in [0.4, 0.5) is 0 Å². The molecule has 0 saturated heterocycles. The van der Waals surface area contributed by atoms with Crippen LogP contribution in [0.1, 0.15) is 5.56 Å². The van der Waals surface area contributed by atoms with Crippen molar-refractivity contribution in [3.8, 4) is 17.2 Å². The van der Waals surface area contributed by atoms with Crippen molar-refractivity contribution in [2.45, 2.75) is 6.54 Å². The molecule has 1 aromatic rings. The van der Waals surface area contributed by atoms with Crippen molar-refractivity contribution in [1.29, 1.82) is 0 Å². The minimum atomic E-state index is -0.0339. The molecule has 3 N–H and O–H groups in total. The van der Waals surface area contributed by atoms with Crippen LogP contribution < -0.4 is 15.2 Å². The molecule has 1 aliphatic heterocycles. The summed E-state index contributed by atoms with van der Waals surface area (Å²) in [5.41, 5.74) is 5.92. The van der Waals surface area contributed by atoms with E-state index in [2.05, 4.69) is 0 Å². The Morgan fingerprint density at radius 1 is 1.54 bits per heavy atom. The molecule has 2 rings (SSSR count). The maximum atomic E-state index is 9.51. The van der Waals surface area contributed by atoms with Gasteiger partial charge in [0.15, 0.2) is 11.5 Å². The number of rotatable bonds is 1. The maximum absolute atomic E-state index is 9.51. The Kier molecular flexibility index (Phi) is 1.94. The Balaban J connectivity index is 2.64. The van der Waals surface area contributed by atoms with Crippen molar-refractivity contribution in [2.75, 3.05) is 6.79 Å². The van der Waals surface area contributed by atoms with E-state index in [4.69, 9.17) is 26.8 Å². The van der Waals surface area contributed by atoms with Gasteiger partial charge in [0.1, 0.15) is 5.75 Å². The van der Waals surface area contributed by atoms with Crippen molar-refractivity contribution in [1.82, 2.24) is 0 Å². The molecule has 0 aromatic heterocycles. The first kappa shape index (κ1) is 8.47. The van der Waals surface area contributed by atoms with Crippen LogP contribution in [0.3, 0.4) is 0 Å². The summed E-state index contributed by atoms with van der Waals surface area (Å²) >= 11 is 5.74. The first-order chi connectivity index (χ1) is 6.24. The summed E-state index contributed by atoms with van der Waals surface area (Å²) in [6.45, 7) is 0.306. The molecule has 1 aromatic carbocycles. The standard InChI is InChI=1S/C8H8ClNO3/c9-5-1-6-8(13-3-12-6)4(2-10)7(5)11/h1,11H,2-3,10H2. The number of ether oxygens (including phenoxy) is 2. The molecule has 0 radical (unpaired) electrons. The highest BCUT2D eigenvalue weighted by atomic mass is 35.5. The topological polar surface area (TPSA) is 64.7 Å². The Morgan fingerprint density at radius 2 is 2.31 bits per heavy atom. The number of phenols is 1. The average Bonchev–Trinajstić information content (AvgIpc) is 2.54. The zero-order valence-electron chi connectivity index (χ0n) is 6.71. The van der Waals surface area contributed by atoms with Crippen LogP contribution in [0.25, 0.3) is 0 Å². The van der Waals surface area contributed by atoms with E-state index in [1.807, 2.05) is 0 Å². The molecular formula is C8H8ClNO3. The van der Waals surface area contributed by atoms with Crippen LogP contribution in [0.2, 0.25) is 5.02 Å². The van der Waals surface area contributed by atoms with Gasteiger partial charge in [-0.25, -0.2) is 0 Å². The summed E-state index contributed by atoms with van der Waals surface area (Å²) < 4.78 is 10.2. The van der Waals surface area contributed by atoms with Crippen molar-refractivity contribution in [3.63, 3.8) is 0 Å². The normalized spacial score (nSPS) is 13.4. The van der Waals surface area contributed by atoms with E-state index in [1.165, 1.54) is 6.07 Å². The van der Waals surface area contributed by atoms with Gasteiger partial charge in [-0.2, -0.15) is 0 Å². The molecule has 70 valence electrons. The molecule has 0 amide bonds. The Morgan fingerprint density at radius 3 is 3.00 bits per heavy atom. The number of hydrogen-bond donors (Lipinski definition) is 2. The lowest BCUT2D eigenvalue weighted by molar-refractivity contribution is 0.173. The van der Waals surface area contributed by atoms with Crippen LogP contribution in [0.5, 0.6) is 17.2 Å². The third-order valence-corrected chi connectivity index (χ3v) is 2.18. The largest absolute Gasteiger partial charge is 0.506 e. The zero-order valence-corrected chi connectivity index (χ0v) is 7.47. The quantitative estimate of drug-likeness (QED) is 0.718. The first-order valence-electron chi connectivity index (χ1n) is 3.74. The summed E-state index contributed by atoms with van der Waals surface area (Å²) in [5.74, 6) is 0.987. The van der Waals surface area contributed by atoms with Gasteiger partial charge in [-0.05, 0) is 0 Å². The summed E-state index contributed by atoms with van der Waals surface area (Å²) in [5, 5.41) is 9.74. The SMILES string of the molecule is NCc1c(O)c(Cl)cc2c1OCO2. The van der Waals surface area contributed by atoms with Gasteiger partial charge >= 0.3 is 0 Å². The van der Waals surface area contributed by atoms with Crippen LogP contribution in [0, 0.1) is 0 Å². The summed E-state index contributed by atoms with van der Waals surface area (Å²) in [4.78, 5) is 0. The lowest BCUT2D eigenvalue weighted by Crippen LogP contribution is -1.99. The number of aromatic hydroxyl groups is 1. The zero-order chi connectivity index (χ0) is 9.42. The second kappa shape index (κ2) is 2.97. The third kappa shape index (κ3) is 1.18. The van der Waals surface area contributed by atoms with Gasteiger partial charge in [0, 0.05) is 12.6 Å². The van der Waals surface area contributed by atoms with Crippen LogP contribution in [-0.4, -0.2) is 11.9 Å². The fourth-order valence-corrected chi connectivity index (χ4v) is 1.47. The van der Waals surface area contributed by atoms with E-state index < -0.39 is 0 Å². The van der Waals surface area contributed by atoms with Gasteiger partial charge in [-0.1, -0.05) is 11.6 Å². The molecule has 0 atom stereocenters. The second-order valence-corrected chi connectivity index (χ2v) is 3.03. The van der Waals surface area contributed by atoms with E-state index >= 15 is 0 Å². The highest BCUT2D eigenvalue weighted by Gasteiger charge is 2.22. The van der Waals surface area contributed by atoms with Gasteiger partial charge < -0.3 is 20.3 Å². The lowest BCUT2D eigenvalue weighted by Gasteiger charge is -2.06. The molecule has 0 bridgehead atoms. The number of hydrogen-bond acceptors (Lipinski definition) is 4. The van der Waals surface area contributed by atoms with Gasteiger partial charge in [-0.15, -0.1) is 0 Å². The number of benzene rings is 1. The Bertz CT molecular complexity index is 354. The lowest BCUT2D eigenvalue weighted by atomic mass is 10.1. The average molecular weight is 202 g/mol. The molecule has 5 heteroatoms. The highest BCUT2D eigenvalue weighted by Crippen LogP contribution is 2.44. The predicted molar refractivity (Wildman–Crippen MR) is 47.1 cm³/mol. The number of nitrogens with two attached hydrogens (primary N) is 1. The number of phenolic OH excluding ortho intramolecular Hbond substituents is 1. The number of fused-ring (bicyclic) bond motifs is 1. The fraction of sp³-hybridized carbons (Fsp3) is 0.250. The molecule has 1 heterocycles. The predicted octanol–water partition coefficient (Wildman–Crippen LogP) is 1.23. The molecule has 0 aliphatic carbocycles. The van der Waals surface area contributed by atoms with Crippen molar-refractivity contribution in [2.24, 2.45) is 5.73 Å². The first-order valence-corrected chi connectivity index (χ1v) is 4.12. The number of halogens is 1. The van der Waals surface area contributed by atoms with Crippen molar-refractivity contribution >= 4 is 11.6 Å². The molecule has 1 aliphatic rings. The van der Waals surface area contributed by atoms with E-state index in [0.717, 1.165) is 0 Å². The summed E-state index contributed by atoms with van der Waals surface area (Å²) in [6, 6.07) is 1.51. The molecule has 0 unspecified atom stereocenters.